The Bertz CT molecular complexity index is 580. The van der Waals surface area contributed by atoms with Crippen LogP contribution in [0, 0.1) is 6.92 Å². The molecular formula is C12H13Cl2N5. The standard InChI is InChI=1S/C12H13Cl2N5/c1-7-5-4-6-8(13)9(7)15-11-16-10(14)17-12(18-11)19(2)3/h4-6H,1-3H3,(H,15,16,17,18). The van der Waals surface area contributed by atoms with E-state index in [0.29, 0.717) is 16.9 Å². The Balaban J connectivity index is 2.38. The fourth-order valence-electron chi connectivity index (χ4n) is 1.50. The summed E-state index contributed by atoms with van der Waals surface area (Å²) in [4.78, 5) is 14.1. The predicted octanol–water partition coefficient (Wildman–Crippen LogP) is 3.30. The highest BCUT2D eigenvalue weighted by Gasteiger charge is 2.10. The lowest BCUT2D eigenvalue weighted by atomic mass is 10.2. The summed E-state index contributed by atoms with van der Waals surface area (Å²) in [6, 6.07) is 5.63. The number of para-hydroxylation sites is 1. The van der Waals surface area contributed by atoms with E-state index in [1.807, 2.05) is 33.2 Å². The van der Waals surface area contributed by atoms with Crippen LogP contribution in [0.5, 0.6) is 0 Å². The van der Waals surface area contributed by atoms with Gasteiger partial charge in [0, 0.05) is 14.1 Å². The van der Waals surface area contributed by atoms with Crippen molar-refractivity contribution in [3.05, 3.63) is 34.1 Å². The number of anilines is 3. The van der Waals surface area contributed by atoms with Crippen molar-refractivity contribution in [2.75, 3.05) is 24.3 Å². The third kappa shape index (κ3) is 3.24. The molecule has 0 aliphatic rings. The van der Waals surface area contributed by atoms with E-state index in [-0.39, 0.29) is 5.28 Å². The molecule has 0 amide bonds. The minimum absolute atomic E-state index is 0.130. The lowest BCUT2D eigenvalue weighted by molar-refractivity contribution is 0.961. The highest BCUT2D eigenvalue weighted by atomic mass is 35.5. The molecule has 5 nitrogen and oxygen atoms in total. The molecule has 2 aromatic rings. The fourth-order valence-corrected chi connectivity index (χ4v) is 1.92. The van der Waals surface area contributed by atoms with Gasteiger partial charge in [-0.3, -0.25) is 0 Å². The first-order valence-electron chi connectivity index (χ1n) is 5.58. The minimum Gasteiger partial charge on any atom is -0.347 e. The molecule has 0 radical (unpaired) electrons. The lowest BCUT2D eigenvalue weighted by Crippen LogP contribution is -2.14. The largest absolute Gasteiger partial charge is 0.347 e. The molecule has 100 valence electrons. The maximum atomic E-state index is 6.14. The predicted molar refractivity (Wildman–Crippen MR) is 78.6 cm³/mol. The Labute approximate surface area is 121 Å². The van der Waals surface area contributed by atoms with Crippen molar-refractivity contribution >= 4 is 40.8 Å². The lowest BCUT2D eigenvalue weighted by Gasteiger charge is -2.13. The molecular weight excluding hydrogens is 285 g/mol. The van der Waals surface area contributed by atoms with Crippen LogP contribution in [0.3, 0.4) is 0 Å². The molecule has 7 heteroatoms. The second-order valence-corrected chi connectivity index (χ2v) is 4.92. The molecule has 1 heterocycles. The number of aryl methyl sites for hydroxylation is 1. The molecule has 0 unspecified atom stereocenters. The zero-order valence-corrected chi connectivity index (χ0v) is 12.3. The van der Waals surface area contributed by atoms with Crippen LogP contribution >= 0.6 is 23.2 Å². The third-order valence-electron chi connectivity index (χ3n) is 2.46. The molecule has 0 aliphatic heterocycles. The Morgan fingerprint density at radius 3 is 2.47 bits per heavy atom. The van der Waals surface area contributed by atoms with Crippen LogP contribution < -0.4 is 10.2 Å². The van der Waals surface area contributed by atoms with Crippen molar-refractivity contribution in [1.82, 2.24) is 15.0 Å². The van der Waals surface area contributed by atoms with E-state index < -0.39 is 0 Å². The highest BCUT2D eigenvalue weighted by Crippen LogP contribution is 2.28. The Hall–Kier alpha value is -1.59. The van der Waals surface area contributed by atoms with Gasteiger partial charge in [0.2, 0.25) is 17.2 Å². The topological polar surface area (TPSA) is 53.9 Å². The number of benzene rings is 1. The van der Waals surface area contributed by atoms with Gasteiger partial charge in [0.15, 0.2) is 0 Å². The van der Waals surface area contributed by atoms with Gasteiger partial charge >= 0.3 is 0 Å². The van der Waals surface area contributed by atoms with Crippen molar-refractivity contribution in [2.24, 2.45) is 0 Å². The van der Waals surface area contributed by atoms with Gasteiger partial charge in [-0.15, -0.1) is 0 Å². The third-order valence-corrected chi connectivity index (χ3v) is 2.94. The maximum Gasteiger partial charge on any atom is 0.233 e. The molecule has 19 heavy (non-hydrogen) atoms. The van der Waals surface area contributed by atoms with E-state index in [9.17, 15) is 0 Å². The summed E-state index contributed by atoms with van der Waals surface area (Å²) in [5, 5.41) is 3.80. The van der Waals surface area contributed by atoms with Gasteiger partial charge in [-0.05, 0) is 30.2 Å². The van der Waals surface area contributed by atoms with Crippen LogP contribution in [-0.4, -0.2) is 29.0 Å². The molecule has 0 saturated carbocycles. The van der Waals surface area contributed by atoms with Gasteiger partial charge in [0.05, 0.1) is 10.7 Å². The first kappa shape index (κ1) is 13.8. The second kappa shape index (κ2) is 5.59. The average Bonchev–Trinajstić information content (AvgIpc) is 2.33. The monoisotopic (exact) mass is 297 g/mol. The van der Waals surface area contributed by atoms with Crippen LogP contribution in [0.25, 0.3) is 0 Å². The zero-order chi connectivity index (χ0) is 14.0. The molecule has 1 N–H and O–H groups in total. The van der Waals surface area contributed by atoms with Gasteiger partial charge in [-0.2, -0.15) is 15.0 Å². The number of aromatic nitrogens is 3. The first-order valence-corrected chi connectivity index (χ1v) is 6.34. The zero-order valence-electron chi connectivity index (χ0n) is 10.8. The molecule has 0 saturated heterocycles. The van der Waals surface area contributed by atoms with Gasteiger partial charge in [0.1, 0.15) is 0 Å². The molecule has 1 aromatic carbocycles. The van der Waals surface area contributed by atoms with Gasteiger partial charge in [-0.25, -0.2) is 0 Å². The van der Waals surface area contributed by atoms with E-state index >= 15 is 0 Å². The number of halogens is 2. The van der Waals surface area contributed by atoms with Gasteiger partial charge in [0.25, 0.3) is 0 Å². The summed E-state index contributed by atoms with van der Waals surface area (Å²) in [6.45, 7) is 1.95. The van der Waals surface area contributed by atoms with Crippen molar-refractivity contribution < 1.29 is 0 Å². The number of rotatable bonds is 3. The van der Waals surface area contributed by atoms with Crippen molar-refractivity contribution in [1.29, 1.82) is 0 Å². The fraction of sp³-hybridized carbons (Fsp3) is 0.250. The maximum absolute atomic E-state index is 6.14. The molecule has 0 fully saturated rings. The van der Waals surface area contributed by atoms with Crippen LogP contribution in [0.15, 0.2) is 18.2 Å². The van der Waals surface area contributed by atoms with Gasteiger partial charge in [-0.1, -0.05) is 23.7 Å². The molecule has 0 bridgehead atoms. The van der Waals surface area contributed by atoms with E-state index in [1.54, 1.807) is 11.0 Å². The normalized spacial score (nSPS) is 10.4. The van der Waals surface area contributed by atoms with E-state index in [0.717, 1.165) is 11.3 Å². The molecule has 0 atom stereocenters. The number of nitrogens with zero attached hydrogens (tertiary/aromatic N) is 4. The Morgan fingerprint density at radius 2 is 1.84 bits per heavy atom. The van der Waals surface area contributed by atoms with Crippen molar-refractivity contribution in [3.8, 4) is 0 Å². The van der Waals surface area contributed by atoms with E-state index in [1.165, 1.54) is 0 Å². The highest BCUT2D eigenvalue weighted by molar-refractivity contribution is 6.33. The quantitative estimate of drug-likeness (QED) is 0.942. The Kier molecular flexibility index (Phi) is 4.07. The summed E-state index contributed by atoms with van der Waals surface area (Å²) in [5.74, 6) is 0.840. The van der Waals surface area contributed by atoms with Crippen LogP contribution in [0.2, 0.25) is 10.3 Å². The average molecular weight is 298 g/mol. The molecule has 0 aliphatic carbocycles. The summed E-state index contributed by atoms with van der Waals surface area (Å²) >= 11 is 12.0. The SMILES string of the molecule is Cc1cccc(Cl)c1Nc1nc(Cl)nc(N(C)C)n1. The summed E-state index contributed by atoms with van der Waals surface area (Å²) < 4.78 is 0. The number of hydrogen-bond donors (Lipinski definition) is 1. The van der Waals surface area contributed by atoms with E-state index in [2.05, 4.69) is 20.3 Å². The van der Waals surface area contributed by atoms with Crippen LogP contribution in [0.4, 0.5) is 17.6 Å². The summed E-state index contributed by atoms with van der Waals surface area (Å²) in [7, 11) is 3.66. The Morgan fingerprint density at radius 1 is 1.11 bits per heavy atom. The van der Waals surface area contributed by atoms with Crippen molar-refractivity contribution in [3.63, 3.8) is 0 Å². The van der Waals surface area contributed by atoms with Crippen molar-refractivity contribution in [2.45, 2.75) is 6.92 Å². The van der Waals surface area contributed by atoms with Crippen LogP contribution in [0.1, 0.15) is 5.56 Å². The number of hydrogen-bond acceptors (Lipinski definition) is 5. The van der Waals surface area contributed by atoms with Crippen LogP contribution in [-0.2, 0) is 0 Å². The van der Waals surface area contributed by atoms with Gasteiger partial charge < -0.3 is 10.2 Å². The number of nitrogens with one attached hydrogen (secondary N) is 1. The minimum atomic E-state index is 0.130. The first-order chi connectivity index (χ1) is 8.97. The second-order valence-electron chi connectivity index (χ2n) is 4.18. The molecule has 2 rings (SSSR count). The molecule has 0 spiro atoms. The summed E-state index contributed by atoms with van der Waals surface area (Å²) in [6.07, 6.45) is 0. The molecule has 1 aromatic heterocycles. The van der Waals surface area contributed by atoms with E-state index in [4.69, 9.17) is 23.2 Å². The smallest absolute Gasteiger partial charge is 0.233 e. The summed E-state index contributed by atoms with van der Waals surface area (Å²) in [5.41, 5.74) is 1.76.